The van der Waals surface area contributed by atoms with E-state index in [0.29, 0.717) is 22.6 Å². The van der Waals surface area contributed by atoms with Crippen LogP contribution in [0.25, 0.3) is 0 Å². The number of nitrogens with zero attached hydrogens (tertiary/aromatic N) is 1. The molecular weight excluding hydrogens is 217 g/mol. The van der Waals surface area contributed by atoms with Crippen LogP contribution in [0.1, 0.15) is 45.4 Å². The van der Waals surface area contributed by atoms with Crippen molar-refractivity contribution in [1.29, 1.82) is 0 Å². The lowest BCUT2D eigenvalue weighted by Crippen LogP contribution is -2.34. The summed E-state index contributed by atoms with van der Waals surface area (Å²) in [7, 11) is 4.44. The van der Waals surface area contributed by atoms with Gasteiger partial charge in [-0.15, -0.1) is 0 Å². The van der Waals surface area contributed by atoms with E-state index in [1.165, 1.54) is 32.1 Å². The molecule has 3 unspecified atom stereocenters. The Bertz CT molecular complexity index is 282. The number of hydrogen-bond acceptors (Lipinski definition) is 2. The molecule has 2 rings (SSSR count). The molecule has 2 fully saturated rings. The van der Waals surface area contributed by atoms with Gasteiger partial charge in [-0.05, 0) is 25.1 Å². The number of rotatable bonds is 0. The number of fused-ring (bicyclic) bond motifs is 1. The zero-order valence-corrected chi connectivity index (χ0v) is 11.5. The summed E-state index contributed by atoms with van der Waals surface area (Å²) in [5.74, 6) is 0. The van der Waals surface area contributed by atoms with Crippen molar-refractivity contribution in [1.82, 2.24) is 4.90 Å². The normalized spacial score (nSPS) is 40.6. The summed E-state index contributed by atoms with van der Waals surface area (Å²) in [6, 6.07) is 0.518. The molecule has 1 aliphatic heterocycles. The van der Waals surface area contributed by atoms with Crippen LogP contribution in [0.15, 0.2) is 0 Å². The topological polar surface area (TPSA) is 12.5 Å². The lowest BCUT2D eigenvalue weighted by Gasteiger charge is -2.29. The lowest BCUT2D eigenvalue weighted by atomic mass is 9.64. The van der Waals surface area contributed by atoms with Gasteiger partial charge < -0.3 is 9.64 Å². The van der Waals surface area contributed by atoms with Gasteiger partial charge in [0.25, 0.3) is 5.17 Å². The number of hydrogen-bond donors (Lipinski definition) is 0. The molecule has 1 aliphatic carbocycles. The second kappa shape index (κ2) is 4.56. The minimum absolute atomic E-state index is 0.325. The van der Waals surface area contributed by atoms with E-state index in [1.54, 1.807) is 0 Å². The average Bonchev–Trinajstić information content (AvgIpc) is 2.46. The van der Waals surface area contributed by atoms with Crippen LogP contribution in [0.5, 0.6) is 0 Å². The van der Waals surface area contributed by atoms with Gasteiger partial charge in [0.1, 0.15) is 14.0 Å². The van der Waals surface area contributed by atoms with E-state index in [2.05, 4.69) is 26.7 Å². The Kier molecular flexibility index (Phi) is 3.48. The molecule has 0 radical (unpaired) electrons. The van der Waals surface area contributed by atoms with Crippen molar-refractivity contribution in [3.63, 3.8) is 0 Å². The number of likely N-dealkylation sites (N-methyl/N-ethyl adjacent to an activating group) is 1. The van der Waals surface area contributed by atoms with Gasteiger partial charge in [-0.1, -0.05) is 37.9 Å². The molecule has 4 heteroatoms. The van der Waals surface area contributed by atoms with E-state index in [9.17, 15) is 0 Å². The minimum atomic E-state index is 0.325. The van der Waals surface area contributed by atoms with E-state index < -0.39 is 0 Å². The van der Waals surface area contributed by atoms with Crippen LogP contribution in [0.3, 0.4) is 0 Å². The molecule has 2 nitrogen and oxygen atoms in total. The quantitative estimate of drug-likeness (QED) is 0.474. The highest BCUT2D eigenvalue weighted by atomic mass is 32.1. The highest BCUT2D eigenvalue weighted by molar-refractivity contribution is 7.80. The van der Waals surface area contributed by atoms with Crippen molar-refractivity contribution in [2.75, 3.05) is 7.05 Å². The molecule has 16 heavy (non-hydrogen) atoms. The molecule has 1 heterocycles. The third-order valence-electron chi connectivity index (χ3n) is 4.07. The summed E-state index contributed by atoms with van der Waals surface area (Å²) in [5.41, 5.74) is 0. The molecule has 0 amide bonds. The van der Waals surface area contributed by atoms with Crippen molar-refractivity contribution >= 4 is 25.2 Å². The Morgan fingerprint density at radius 2 is 2.19 bits per heavy atom. The summed E-state index contributed by atoms with van der Waals surface area (Å²) in [5, 5.41) is 1.10. The predicted molar refractivity (Wildman–Crippen MR) is 73.6 cm³/mol. The first kappa shape index (κ1) is 12.2. The Balaban J connectivity index is 2.12. The minimum Gasteiger partial charge on any atom is -0.465 e. The molecule has 0 aromatic rings. The first-order valence-electron chi connectivity index (χ1n) is 6.43. The smallest absolute Gasteiger partial charge is 0.259 e. The number of thiocarbonyl (C=S) groups is 1. The van der Waals surface area contributed by atoms with Crippen molar-refractivity contribution < 1.29 is 4.74 Å². The lowest BCUT2D eigenvalue weighted by molar-refractivity contribution is 0.161. The summed E-state index contributed by atoms with van der Waals surface area (Å²) in [6.07, 6.45) is 8.04. The molecule has 0 bridgehead atoms. The average molecular weight is 239 g/mol. The Labute approximate surface area is 105 Å². The maximum absolute atomic E-state index is 5.86. The highest BCUT2D eigenvalue weighted by Crippen LogP contribution is 2.40. The van der Waals surface area contributed by atoms with E-state index in [4.69, 9.17) is 17.0 Å². The van der Waals surface area contributed by atoms with Gasteiger partial charge in [0.15, 0.2) is 0 Å². The highest BCUT2D eigenvalue weighted by Gasteiger charge is 2.39. The van der Waals surface area contributed by atoms with Gasteiger partial charge in [0, 0.05) is 7.05 Å². The van der Waals surface area contributed by atoms with Crippen LogP contribution in [-0.2, 0) is 4.74 Å². The summed E-state index contributed by atoms with van der Waals surface area (Å²) < 4.78 is 5.86. The third-order valence-corrected chi connectivity index (χ3v) is 4.46. The van der Waals surface area contributed by atoms with Crippen LogP contribution in [0.2, 0.25) is 5.31 Å². The van der Waals surface area contributed by atoms with Gasteiger partial charge in [0.2, 0.25) is 0 Å². The van der Waals surface area contributed by atoms with Crippen molar-refractivity contribution in [3.05, 3.63) is 0 Å². The van der Waals surface area contributed by atoms with Crippen LogP contribution in [0.4, 0.5) is 0 Å². The maximum atomic E-state index is 5.86. The van der Waals surface area contributed by atoms with Gasteiger partial charge in [-0.3, -0.25) is 0 Å². The third kappa shape index (κ3) is 2.53. The van der Waals surface area contributed by atoms with Gasteiger partial charge in [-0.2, -0.15) is 0 Å². The fourth-order valence-corrected chi connectivity index (χ4v) is 3.27. The van der Waals surface area contributed by atoms with Gasteiger partial charge >= 0.3 is 0 Å². The molecule has 3 atom stereocenters. The van der Waals surface area contributed by atoms with Crippen LogP contribution in [0, 0.1) is 0 Å². The monoisotopic (exact) mass is 239 g/mol. The largest absolute Gasteiger partial charge is 0.465 e. The van der Waals surface area contributed by atoms with Crippen molar-refractivity contribution in [3.8, 4) is 0 Å². The molecule has 0 aromatic carbocycles. The Morgan fingerprint density at radius 3 is 2.94 bits per heavy atom. The zero-order valence-electron chi connectivity index (χ0n) is 10.7. The molecule has 1 saturated carbocycles. The van der Waals surface area contributed by atoms with Gasteiger partial charge in [0.05, 0.1) is 6.04 Å². The Hall–Kier alpha value is -0.245. The Morgan fingerprint density at radius 1 is 1.44 bits per heavy atom. The van der Waals surface area contributed by atoms with E-state index in [-0.39, 0.29) is 0 Å². The molecule has 90 valence electrons. The second-order valence-electron chi connectivity index (χ2n) is 6.07. The molecule has 0 N–H and O–H groups in total. The van der Waals surface area contributed by atoms with Crippen molar-refractivity contribution in [2.45, 2.75) is 62.9 Å². The fourth-order valence-electron chi connectivity index (χ4n) is 3.01. The van der Waals surface area contributed by atoms with Gasteiger partial charge in [-0.25, -0.2) is 0 Å². The molecule has 2 aliphatic rings. The van der Waals surface area contributed by atoms with Crippen LogP contribution >= 0.6 is 12.2 Å². The van der Waals surface area contributed by atoms with E-state index >= 15 is 0 Å². The second-order valence-corrected chi connectivity index (χ2v) is 6.42. The predicted octanol–water partition coefficient (Wildman–Crippen LogP) is 2.14. The SMILES string of the molecule is BC1(C)CCCCCC2C(C1)OC(=S)N2C. The van der Waals surface area contributed by atoms with Crippen molar-refractivity contribution in [2.24, 2.45) is 0 Å². The molecule has 1 saturated heterocycles. The molecule has 0 aromatic heterocycles. The van der Waals surface area contributed by atoms with E-state index in [0.717, 1.165) is 6.42 Å². The summed E-state index contributed by atoms with van der Waals surface area (Å²) in [4.78, 5) is 2.17. The molecule has 0 spiro atoms. The number of ether oxygens (including phenoxy) is 1. The van der Waals surface area contributed by atoms with E-state index in [1.807, 2.05) is 0 Å². The first-order chi connectivity index (χ1) is 7.49. The zero-order chi connectivity index (χ0) is 11.8. The standard InChI is InChI=1S/C12H22BNOS/c1-12(13)7-5-3-4-6-9-10(8-12)15-11(16)14(9)2/h9-10H,3-8,13H2,1-2H3. The summed E-state index contributed by atoms with van der Waals surface area (Å²) in [6.45, 7) is 2.36. The molecular formula is C12H22BNOS. The van der Waals surface area contributed by atoms with Crippen LogP contribution in [-0.4, -0.2) is 37.1 Å². The first-order valence-corrected chi connectivity index (χ1v) is 6.84. The summed E-state index contributed by atoms with van der Waals surface area (Å²) >= 11 is 5.26. The van der Waals surface area contributed by atoms with Crippen LogP contribution < -0.4 is 0 Å². The fraction of sp³-hybridized carbons (Fsp3) is 0.917. The maximum Gasteiger partial charge on any atom is 0.259 e.